The van der Waals surface area contributed by atoms with Crippen LogP contribution in [-0.4, -0.2) is 11.5 Å². The van der Waals surface area contributed by atoms with Crippen LogP contribution in [0.3, 0.4) is 0 Å². The van der Waals surface area contributed by atoms with Crippen LogP contribution in [0.4, 0.5) is 14.6 Å². The Morgan fingerprint density at radius 2 is 1.85 bits per heavy atom. The molecule has 6 heteroatoms. The summed E-state index contributed by atoms with van der Waals surface area (Å²) >= 11 is 12.1. The molecular formula is C14H12Cl2F2N2. The van der Waals surface area contributed by atoms with E-state index in [4.69, 9.17) is 23.2 Å². The summed E-state index contributed by atoms with van der Waals surface area (Å²) in [5.74, 6) is -1.39. The molecule has 0 saturated heterocycles. The van der Waals surface area contributed by atoms with Gasteiger partial charge in [-0.15, -0.1) is 0 Å². The molecule has 2 nitrogen and oxygen atoms in total. The number of hydrogen-bond donors (Lipinski definition) is 1. The number of hydrogen-bond acceptors (Lipinski definition) is 2. The summed E-state index contributed by atoms with van der Waals surface area (Å²) in [7, 11) is 0. The van der Waals surface area contributed by atoms with Crippen LogP contribution in [0.5, 0.6) is 0 Å². The molecule has 1 N–H and O–H groups in total. The van der Waals surface area contributed by atoms with E-state index in [1.807, 2.05) is 6.92 Å². The molecule has 0 amide bonds. The summed E-state index contributed by atoms with van der Waals surface area (Å²) in [5.41, 5.74) is 0.749. The molecule has 0 spiro atoms. The van der Waals surface area contributed by atoms with Gasteiger partial charge in [0.25, 0.3) is 0 Å². The molecule has 0 aliphatic heterocycles. The number of halogens is 4. The highest BCUT2D eigenvalue weighted by Gasteiger charge is 2.13. The fraction of sp³-hybridized carbons (Fsp3) is 0.214. The summed E-state index contributed by atoms with van der Waals surface area (Å²) in [5, 5.41) is 3.72. The normalized spacial score (nSPS) is 10.7. The van der Waals surface area contributed by atoms with E-state index in [1.54, 1.807) is 0 Å². The molecule has 0 radical (unpaired) electrons. The number of anilines is 1. The Kier molecular flexibility index (Phi) is 4.78. The van der Waals surface area contributed by atoms with E-state index in [0.717, 1.165) is 18.6 Å². The predicted octanol–water partition coefficient (Wildman–Crippen LogP) is 5.16. The zero-order valence-electron chi connectivity index (χ0n) is 10.7. The zero-order valence-corrected chi connectivity index (χ0v) is 12.2. The van der Waals surface area contributed by atoms with Crippen LogP contribution in [0.25, 0.3) is 11.3 Å². The lowest BCUT2D eigenvalue weighted by molar-refractivity contribution is 0.509. The van der Waals surface area contributed by atoms with Gasteiger partial charge in [0, 0.05) is 12.1 Å². The van der Waals surface area contributed by atoms with Crippen LogP contribution >= 0.6 is 23.2 Å². The Balaban J connectivity index is 2.47. The summed E-state index contributed by atoms with van der Waals surface area (Å²) in [6, 6.07) is 5.05. The van der Waals surface area contributed by atoms with Crippen molar-refractivity contribution in [2.24, 2.45) is 0 Å². The number of nitrogens with one attached hydrogen (secondary N) is 1. The van der Waals surface area contributed by atoms with Gasteiger partial charge in [0.2, 0.25) is 0 Å². The topological polar surface area (TPSA) is 24.9 Å². The second kappa shape index (κ2) is 6.37. The molecule has 0 unspecified atom stereocenters. The van der Waals surface area contributed by atoms with Crippen LogP contribution in [0.2, 0.25) is 10.0 Å². The number of nitrogens with zero attached hydrogens (tertiary/aromatic N) is 1. The summed E-state index contributed by atoms with van der Waals surface area (Å²) in [4.78, 5) is 4.29. The second-order valence-electron chi connectivity index (χ2n) is 4.20. The van der Waals surface area contributed by atoms with Crippen molar-refractivity contribution in [2.45, 2.75) is 13.3 Å². The van der Waals surface area contributed by atoms with E-state index < -0.39 is 11.6 Å². The number of rotatable bonds is 4. The van der Waals surface area contributed by atoms with Crippen molar-refractivity contribution in [3.63, 3.8) is 0 Å². The van der Waals surface area contributed by atoms with Crippen molar-refractivity contribution in [3.8, 4) is 11.3 Å². The van der Waals surface area contributed by atoms with Gasteiger partial charge in [0.15, 0.2) is 11.6 Å². The third-order valence-electron chi connectivity index (χ3n) is 2.66. The highest BCUT2D eigenvalue weighted by Crippen LogP contribution is 2.32. The first kappa shape index (κ1) is 15.0. The number of benzene rings is 1. The van der Waals surface area contributed by atoms with Crippen molar-refractivity contribution in [1.29, 1.82) is 0 Å². The molecular weight excluding hydrogens is 305 g/mol. The molecule has 1 aromatic heterocycles. The SMILES string of the molecule is CCCNc1nc(-c2ccc(F)c(F)c2)c(Cl)cc1Cl. The Morgan fingerprint density at radius 1 is 1.10 bits per heavy atom. The third kappa shape index (κ3) is 3.19. The molecule has 0 bridgehead atoms. The lowest BCUT2D eigenvalue weighted by Crippen LogP contribution is -2.03. The Labute approximate surface area is 125 Å². The smallest absolute Gasteiger partial charge is 0.159 e. The first-order valence-corrected chi connectivity index (χ1v) is 6.84. The first-order valence-electron chi connectivity index (χ1n) is 6.08. The van der Waals surface area contributed by atoms with Crippen LogP contribution in [0.1, 0.15) is 13.3 Å². The minimum Gasteiger partial charge on any atom is -0.369 e. The Bertz CT molecular complexity index is 633. The van der Waals surface area contributed by atoms with E-state index in [0.29, 0.717) is 28.6 Å². The lowest BCUT2D eigenvalue weighted by atomic mass is 10.1. The van der Waals surface area contributed by atoms with E-state index in [2.05, 4.69) is 10.3 Å². The summed E-state index contributed by atoms with van der Waals surface area (Å²) in [6.07, 6.45) is 0.904. The van der Waals surface area contributed by atoms with Crippen molar-refractivity contribution < 1.29 is 8.78 Å². The molecule has 0 atom stereocenters. The lowest BCUT2D eigenvalue weighted by Gasteiger charge is -2.11. The van der Waals surface area contributed by atoms with Crippen molar-refractivity contribution >= 4 is 29.0 Å². The van der Waals surface area contributed by atoms with Crippen LogP contribution < -0.4 is 5.32 Å². The van der Waals surface area contributed by atoms with E-state index in [9.17, 15) is 8.78 Å². The highest BCUT2D eigenvalue weighted by molar-refractivity contribution is 6.37. The van der Waals surface area contributed by atoms with Gasteiger partial charge in [-0.05, 0) is 30.7 Å². The molecule has 1 aromatic carbocycles. The molecule has 2 rings (SSSR count). The van der Waals surface area contributed by atoms with Gasteiger partial charge < -0.3 is 5.32 Å². The first-order chi connectivity index (χ1) is 9.52. The maximum Gasteiger partial charge on any atom is 0.159 e. The third-order valence-corrected chi connectivity index (χ3v) is 3.24. The average Bonchev–Trinajstić information content (AvgIpc) is 2.41. The quantitative estimate of drug-likeness (QED) is 0.843. The van der Waals surface area contributed by atoms with E-state index in [-0.39, 0.29) is 5.02 Å². The number of pyridine rings is 1. The maximum absolute atomic E-state index is 13.3. The summed E-state index contributed by atoms with van der Waals surface area (Å²) in [6.45, 7) is 2.71. The number of aromatic nitrogens is 1. The standard InChI is InChI=1S/C14H12Cl2F2N2/c1-2-5-19-14-10(16)7-9(15)13(20-14)8-3-4-11(17)12(18)6-8/h3-4,6-7H,2,5H2,1H3,(H,19,20). The summed E-state index contributed by atoms with van der Waals surface area (Å²) < 4.78 is 26.3. The van der Waals surface area contributed by atoms with Crippen LogP contribution in [0.15, 0.2) is 24.3 Å². The van der Waals surface area contributed by atoms with E-state index in [1.165, 1.54) is 12.1 Å². The maximum atomic E-state index is 13.3. The largest absolute Gasteiger partial charge is 0.369 e. The Morgan fingerprint density at radius 3 is 2.50 bits per heavy atom. The van der Waals surface area contributed by atoms with Gasteiger partial charge in [-0.2, -0.15) is 0 Å². The highest BCUT2D eigenvalue weighted by atomic mass is 35.5. The fourth-order valence-corrected chi connectivity index (χ4v) is 2.21. The van der Waals surface area contributed by atoms with Crippen molar-refractivity contribution in [3.05, 3.63) is 45.9 Å². The molecule has 0 fully saturated rings. The zero-order chi connectivity index (χ0) is 14.7. The molecule has 2 aromatic rings. The van der Waals surface area contributed by atoms with Gasteiger partial charge in [-0.3, -0.25) is 0 Å². The average molecular weight is 317 g/mol. The molecule has 0 aliphatic rings. The molecule has 106 valence electrons. The molecule has 0 aliphatic carbocycles. The second-order valence-corrected chi connectivity index (χ2v) is 5.02. The van der Waals surface area contributed by atoms with Gasteiger partial charge >= 0.3 is 0 Å². The van der Waals surface area contributed by atoms with Gasteiger partial charge in [0.1, 0.15) is 5.82 Å². The fourth-order valence-electron chi connectivity index (χ4n) is 1.68. The van der Waals surface area contributed by atoms with Gasteiger partial charge in [0.05, 0.1) is 15.7 Å². The molecule has 20 heavy (non-hydrogen) atoms. The minimum absolute atomic E-state index is 0.281. The Hall–Kier alpha value is -1.39. The minimum atomic E-state index is -0.946. The van der Waals surface area contributed by atoms with Gasteiger partial charge in [-0.1, -0.05) is 30.1 Å². The van der Waals surface area contributed by atoms with Crippen LogP contribution in [-0.2, 0) is 0 Å². The van der Waals surface area contributed by atoms with E-state index >= 15 is 0 Å². The van der Waals surface area contributed by atoms with Gasteiger partial charge in [-0.25, -0.2) is 13.8 Å². The molecule has 0 saturated carbocycles. The van der Waals surface area contributed by atoms with Crippen molar-refractivity contribution in [2.75, 3.05) is 11.9 Å². The van der Waals surface area contributed by atoms with Crippen molar-refractivity contribution in [1.82, 2.24) is 4.98 Å². The van der Waals surface area contributed by atoms with Crippen LogP contribution in [0, 0.1) is 11.6 Å². The predicted molar refractivity (Wildman–Crippen MR) is 78.4 cm³/mol. The molecule has 1 heterocycles. The monoisotopic (exact) mass is 316 g/mol.